The first-order valence-electron chi connectivity index (χ1n) is 14.3. The SMILES string of the molecule is C=CC(=O)C1=CC=C(C(C)CC(CCCCC)CN2CCN(c3cccc(C)n3)C[C@@H]2C)C2(C)CC12. The van der Waals surface area contributed by atoms with Crippen molar-refractivity contribution in [2.45, 2.75) is 79.2 Å². The van der Waals surface area contributed by atoms with Crippen LogP contribution in [-0.4, -0.2) is 47.9 Å². The number of unbranched alkanes of at least 4 members (excludes halogenated alkanes) is 2. The van der Waals surface area contributed by atoms with Crippen LogP contribution in [0.15, 0.2) is 54.2 Å². The number of anilines is 1. The van der Waals surface area contributed by atoms with Gasteiger partial charge in [-0.05, 0) is 74.5 Å². The Labute approximate surface area is 219 Å². The lowest BCUT2D eigenvalue weighted by molar-refractivity contribution is -0.111. The largest absolute Gasteiger partial charge is 0.354 e. The fourth-order valence-corrected chi connectivity index (χ4v) is 6.83. The quantitative estimate of drug-likeness (QED) is 0.240. The molecule has 2 aliphatic carbocycles. The molecule has 4 heteroatoms. The minimum Gasteiger partial charge on any atom is -0.354 e. The van der Waals surface area contributed by atoms with E-state index in [-0.39, 0.29) is 11.2 Å². The van der Waals surface area contributed by atoms with Gasteiger partial charge in [0.2, 0.25) is 0 Å². The van der Waals surface area contributed by atoms with Crippen molar-refractivity contribution in [3.63, 3.8) is 0 Å². The zero-order chi connectivity index (χ0) is 25.9. The van der Waals surface area contributed by atoms with E-state index in [2.05, 4.69) is 81.3 Å². The Morgan fingerprint density at radius 1 is 1.28 bits per heavy atom. The molecule has 0 N–H and O–H groups in total. The van der Waals surface area contributed by atoms with Gasteiger partial charge in [0.15, 0.2) is 5.78 Å². The molecular weight excluding hydrogens is 442 g/mol. The molecule has 4 rings (SSSR count). The van der Waals surface area contributed by atoms with Crippen molar-refractivity contribution in [3.8, 4) is 0 Å². The third kappa shape index (κ3) is 5.85. The van der Waals surface area contributed by atoms with Crippen LogP contribution >= 0.6 is 0 Å². The molecule has 0 bridgehead atoms. The predicted molar refractivity (Wildman–Crippen MR) is 151 cm³/mol. The van der Waals surface area contributed by atoms with Crippen molar-refractivity contribution in [2.24, 2.45) is 23.2 Å². The fourth-order valence-electron chi connectivity index (χ4n) is 6.83. The molecule has 1 saturated heterocycles. The zero-order valence-corrected chi connectivity index (χ0v) is 23.3. The van der Waals surface area contributed by atoms with Crippen LogP contribution in [0.3, 0.4) is 0 Å². The Hall–Kier alpha value is -2.20. The predicted octanol–water partition coefficient (Wildman–Crippen LogP) is 6.77. The molecule has 2 heterocycles. The summed E-state index contributed by atoms with van der Waals surface area (Å²) < 4.78 is 0. The number of aromatic nitrogens is 1. The molecule has 5 atom stereocenters. The number of piperazine rings is 1. The molecule has 4 nitrogen and oxygen atoms in total. The van der Waals surface area contributed by atoms with Crippen molar-refractivity contribution in [1.29, 1.82) is 0 Å². The minimum atomic E-state index is 0.109. The van der Waals surface area contributed by atoms with E-state index in [9.17, 15) is 4.79 Å². The van der Waals surface area contributed by atoms with E-state index in [0.29, 0.717) is 23.8 Å². The highest BCUT2D eigenvalue weighted by atomic mass is 16.1. The molecule has 3 aliphatic rings. The van der Waals surface area contributed by atoms with Gasteiger partial charge in [-0.25, -0.2) is 4.98 Å². The van der Waals surface area contributed by atoms with Crippen LogP contribution in [0.5, 0.6) is 0 Å². The summed E-state index contributed by atoms with van der Waals surface area (Å²) in [6, 6.07) is 6.87. The van der Waals surface area contributed by atoms with Gasteiger partial charge in [-0.1, -0.05) is 70.4 Å². The van der Waals surface area contributed by atoms with Gasteiger partial charge in [-0.3, -0.25) is 9.69 Å². The summed E-state index contributed by atoms with van der Waals surface area (Å²) in [6.07, 6.45) is 13.4. The number of hydrogen-bond acceptors (Lipinski definition) is 4. The van der Waals surface area contributed by atoms with Gasteiger partial charge in [0, 0.05) is 43.5 Å². The summed E-state index contributed by atoms with van der Waals surface area (Å²) in [5.41, 5.74) is 3.80. The lowest BCUT2D eigenvalue weighted by atomic mass is 9.76. The van der Waals surface area contributed by atoms with Gasteiger partial charge < -0.3 is 4.90 Å². The van der Waals surface area contributed by atoms with E-state index in [0.717, 1.165) is 43.1 Å². The molecule has 0 aromatic carbocycles. The van der Waals surface area contributed by atoms with Crippen LogP contribution in [0.2, 0.25) is 0 Å². The summed E-state index contributed by atoms with van der Waals surface area (Å²) in [4.78, 5) is 22.3. The van der Waals surface area contributed by atoms with Crippen LogP contribution in [0.4, 0.5) is 5.82 Å². The second kappa shape index (κ2) is 11.5. The summed E-state index contributed by atoms with van der Waals surface area (Å²) in [6.45, 7) is 19.7. The molecule has 2 fully saturated rings. The first kappa shape index (κ1) is 26.9. The molecule has 36 heavy (non-hydrogen) atoms. The van der Waals surface area contributed by atoms with Crippen molar-refractivity contribution in [1.82, 2.24) is 9.88 Å². The Morgan fingerprint density at radius 3 is 2.78 bits per heavy atom. The molecular formula is C32H47N3O. The average molecular weight is 490 g/mol. The first-order chi connectivity index (χ1) is 17.3. The van der Waals surface area contributed by atoms with Crippen LogP contribution < -0.4 is 4.90 Å². The Balaban J connectivity index is 1.41. The normalized spacial score (nSPS) is 27.5. The maximum absolute atomic E-state index is 12.3. The Kier molecular flexibility index (Phi) is 8.55. The summed E-state index contributed by atoms with van der Waals surface area (Å²) in [7, 11) is 0. The van der Waals surface area contributed by atoms with Gasteiger partial charge in [-0.2, -0.15) is 0 Å². The molecule has 1 aromatic rings. The first-order valence-corrected chi connectivity index (χ1v) is 14.3. The fraction of sp³-hybridized carbons (Fsp3) is 0.625. The third-order valence-corrected chi connectivity index (χ3v) is 9.07. The second-order valence-electron chi connectivity index (χ2n) is 11.9. The molecule has 1 aliphatic heterocycles. The van der Waals surface area contributed by atoms with E-state index in [1.807, 2.05) is 0 Å². The van der Waals surface area contributed by atoms with E-state index >= 15 is 0 Å². The lowest BCUT2D eigenvalue weighted by Gasteiger charge is -2.42. The Bertz CT molecular complexity index is 1010. The van der Waals surface area contributed by atoms with Crippen molar-refractivity contribution < 1.29 is 4.79 Å². The summed E-state index contributed by atoms with van der Waals surface area (Å²) >= 11 is 0. The van der Waals surface area contributed by atoms with E-state index in [1.165, 1.54) is 44.7 Å². The average Bonchev–Trinajstić information content (AvgIpc) is 3.56. The second-order valence-corrected chi connectivity index (χ2v) is 11.9. The van der Waals surface area contributed by atoms with Gasteiger partial charge in [0.1, 0.15) is 5.82 Å². The molecule has 0 radical (unpaired) electrons. The van der Waals surface area contributed by atoms with Crippen molar-refractivity contribution in [2.75, 3.05) is 31.1 Å². The van der Waals surface area contributed by atoms with Crippen LogP contribution in [0.1, 0.15) is 71.9 Å². The highest BCUT2D eigenvalue weighted by Crippen LogP contribution is 2.64. The highest BCUT2D eigenvalue weighted by molar-refractivity contribution is 6.05. The van der Waals surface area contributed by atoms with Gasteiger partial charge in [0.25, 0.3) is 0 Å². The number of nitrogens with zero attached hydrogens (tertiary/aromatic N) is 3. The van der Waals surface area contributed by atoms with E-state index in [4.69, 9.17) is 4.98 Å². The maximum Gasteiger partial charge on any atom is 0.181 e. The molecule has 0 spiro atoms. The molecule has 1 saturated carbocycles. The van der Waals surface area contributed by atoms with E-state index in [1.54, 1.807) is 5.57 Å². The summed E-state index contributed by atoms with van der Waals surface area (Å²) in [5.74, 6) is 2.88. The number of carbonyl (C=O) groups is 1. The van der Waals surface area contributed by atoms with Crippen LogP contribution in [-0.2, 0) is 4.79 Å². The monoisotopic (exact) mass is 489 g/mol. The zero-order valence-electron chi connectivity index (χ0n) is 23.3. The van der Waals surface area contributed by atoms with Crippen LogP contribution in [0.25, 0.3) is 0 Å². The molecule has 4 unspecified atom stereocenters. The topological polar surface area (TPSA) is 36.4 Å². The molecule has 0 amide bonds. The number of hydrogen-bond donors (Lipinski definition) is 0. The molecule has 1 aromatic heterocycles. The number of carbonyl (C=O) groups excluding carboxylic acids is 1. The van der Waals surface area contributed by atoms with Gasteiger partial charge in [0.05, 0.1) is 0 Å². The number of rotatable bonds is 12. The number of ketones is 1. The summed E-state index contributed by atoms with van der Waals surface area (Å²) in [5, 5.41) is 0. The number of aryl methyl sites for hydroxylation is 1. The standard InChI is InChI=1S/C32H47N3O/c1-7-9-10-13-26(19-23(3)28-16-15-27(30(36)8-2)29-20-32(28,29)6)22-34-17-18-35(21-25(34)5)31-14-11-12-24(4)33-31/h8,11-12,14-16,23,25-26,29H,2,7,9-10,13,17-22H2,1,3-6H3/t23?,25-,26?,29?,32?/m0/s1. The minimum absolute atomic E-state index is 0.109. The third-order valence-electron chi connectivity index (χ3n) is 9.07. The van der Waals surface area contributed by atoms with Crippen LogP contribution in [0, 0.1) is 30.1 Å². The van der Waals surface area contributed by atoms with Crippen molar-refractivity contribution in [3.05, 3.63) is 59.8 Å². The number of fused-ring (bicyclic) bond motifs is 1. The number of pyridine rings is 1. The smallest absolute Gasteiger partial charge is 0.181 e. The Morgan fingerprint density at radius 2 is 2.08 bits per heavy atom. The maximum atomic E-state index is 12.3. The van der Waals surface area contributed by atoms with E-state index < -0.39 is 0 Å². The number of allylic oxidation sites excluding steroid dienone is 5. The van der Waals surface area contributed by atoms with Gasteiger partial charge in [-0.15, -0.1) is 0 Å². The van der Waals surface area contributed by atoms with Crippen molar-refractivity contribution >= 4 is 11.6 Å². The van der Waals surface area contributed by atoms with Gasteiger partial charge >= 0.3 is 0 Å². The highest BCUT2D eigenvalue weighted by Gasteiger charge is 2.57. The lowest BCUT2D eigenvalue weighted by Crippen LogP contribution is -2.53. The molecule has 196 valence electrons.